The molecular formula is C35H63N5O4. The molecule has 0 radical (unpaired) electrons. The largest absolute Gasteiger partial charge is 0.354 e. The molecular weight excluding hydrogens is 554 g/mol. The first-order valence-corrected chi connectivity index (χ1v) is 16.9. The molecule has 0 aromatic rings. The molecule has 2 saturated heterocycles. The van der Waals surface area contributed by atoms with Crippen LogP contribution in [0.3, 0.4) is 0 Å². The van der Waals surface area contributed by atoms with E-state index in [-0.39, 0.29) is 53.1 Å². The highest BCUT2D eigenvalue weighted by atomic mass is 16.2. The van der Waals surface area contributed by atoms with Gasteiger partial charge in [0.25, 0.3) is 0 Å². The van der Waals surface area contributed by atoms with Crippen molar-refractivity contribution in [2.75, 3.05) is 26.7 Å². The van der Waals surface area contributed by atoms with E-state index in [4.69, 9.17) is 0 Å². The highest BCUT2D eigenvalue weighted by molar-refractivity contribution is 5.97. The van der Waals surface area contributed by atoms with Crippen LogP contribution in [0.2, 0.25) is 0 Å². The molecule has 0 spiro atoms. The van der Waals surface area contributed by atoms with Gasteiger partial charge < -0.3 is 20.4 Å². The first-order valence-electron chi connectivity index (χ1n) is 16.9. The number of piperidine rings is 1. The van der Waals surface area contributed by atoms with Crippen LogP contribution in [0.1, 0.15) is 115 Å². The van der Waals surface area contributed by atoms with E-state index in [1.54, 1.807) is 23.8 Å². The van der Waals surface area contributed by atoms with Gasteiger partial charge in [-0.1, -0.05) is 67.9 Å². The molecule has 0 aromatic carbocycles. The third-order valence-electron chi connectivity index (χ3n) is 9.14. The van der Waals surface area contributed by atoms with E-state index in [0.717, 1.165) is 38.6 Å². The Balaban J connectivity index is 2.22. The van der Waals surface area contributed by atoms with Crippen molar-refractivity contribution in [1.29, 1.82) is 0 Å². The number of amides is 4. The van der Waals surface area contributed by atoms with E-state index in [9.17, 15) is 19.2 Å². The molecule has 2 heterocycles. The monoisotopic (exact) mass is 617 g/mol. The van der Waals surface area contributed by atoms with Crippen molar-refractivity contribution in [1.82, 2.24) is 25.3 Å². The van der Waals surface area contributed by atoms with E-state index < -0.39 is 17.5 Å². The van der Waals surface area contributed by atoms with E-state index >= 15 is 0 Å². The number of nitrogens with zero attached hydrogens (tertiary/aromatic N) is 3. The zero-order chi connectivity index (χ0) is 33.6. The van der Waals surface area contributed by atoms with Crippen molar-refractivity contribution in [3.63, 3.8) is 0 Å². The molecule has 252 valence electrons. The van der Waals surface area contributed by atoms with Gasteiger partial charge in [0.2, 0.25) is 23.6 Å². The predicted octanol–water partition coefficient (Wildman–Crippen LogP) is 4.75. The van der Waals surface area contributed by atoms with Crippen molar-refractivity contribution in [3.8, 4) is 0 Å². The smallest absolute Gasteiger partial charge is 0.249 e. The number of likely N-dealkylation sites (tertiary alicyclic amines) is 2. The summed E-state index contributed by atoms with van der Waals surface area (Å²) >= 11 is 0. The zero-order valence-electron chi connectivity index (χ0n) is 29.9. The average Bonchev–Trinajstić information content (AvgIpc) is 3.41. The van der Waals surface area contributed by atoms with Crippen LogP contribution in [-0.2, 0) is 19.2 Å². The Morgan fingerprint density at radius 2 is 1.50 bits per heavy atom. The maximum atomic E-state index is 14.1. The van der Waals surface area contributed by atoms with Crippen molar-refractivity contribution >= 4 is 23.6 Å². The summed E-state index contributed by atoms with van der Waals surface area (Å²) in [7, 11) is 1.76. The van der Waals surface area contributed by atoms with Gasteiger partial charge in [0, 0.05) is 31.8 Å². The maximum Gasteiger partial charge on any atom is 0.249 e. The lowest BCUT2D eigenvalue weighted by Gasteiger charge is -2.41. The molecule has 2 fully saturated rings. The summed E-state index contributed by atoms with van der Waals surface area (Å²) in [6.45, 7) is 24.4. The lowest BCUT2D eigenvalue weighted by Crippen LogP contribution is -2.60. The van der Waals surface area contributed by atoms with Crippen LogP contribution in [0, 0.1) is 16.7 Å². The number of likely N-dealkylation sites (N-methyl/N-ethyl adjacent to an activating group) is 1. The van der Waals surface area contributed by atoms with Crippen LogP contribution in [0.15, 0.2) is 11.6 Å². The van der Waals surface area contributed by atoms with Gasteiger partial charge in [-0.05, 0) is 76.2 Å². The van der Waals surface area contributed by atoms with Gasteiger partial charge in [-0.15, -0.1) is 0 Å². The van der Waals surface area contributed by atoms with Crippen molar-refractivity contribution in [2.45, 2.75) is 145 Å². The standard InChI is InChI=1S/C35H63N5O4/c1-23(2)28(22-25(5)32(43)40-21-15-17-26(40)30(41)36-19-18-34(6,7)8)38(12)33(44)29(35(9,10)11)37-31(42)27-16-13-14-20-39(27)24(3)4/h22-24,26-29H,13-21H2,1-12H3,(H,36,41)(H,37,42)/b25-22+/t26-,27?,28+,29+/m0/s1. The third-order valence-corrected chi connectivity index (χ3v) is 9.14. The SMILES string of the molecule is C/C(=C\[C@H](C(C)C)N(C)C(=O)[C@@H](NC(=O)C1CCCCN1C(C)C)C(C)(C)C)C(=O)N1CCC[C@H]1C(=O)NCCC(C)(C)C. The second-order valence-electron chi connectivity index (χ2n) is 15.9. The van der Waals surface area contributed by atoms with Gasteiger partial charge in [-0.3, -0.25) is 24.1 Å². The molecule has 0 bridgehead atoms. The van der Waals surface area contributed by atoms with Gasteiger partial charge in [-0.2, -0.15) is 0 Å². The first kappa shape index (κ1) is 37.8. The van der Waals surface area contributed by atoms with Crippen molar-refractivity contribution < 1.29 is 19.2 Å². The van der Waals surface area contributed by atoms with E-state index in [2.05, 4.69) is 50.2 Å². The Bertz CT molecular complexity index is 1040. The molecule has 9 heteroatoms. The number of nitrogens with one attached hydrogen (secondary N) is 2. The number of carbonyl (C=O) groups excluding carboxylic acids is 4. The summed E-state index contributed by atoms with van der Waals surface area (Å²) in [5.41, 5.74) is 0.118. The number of hydrogen-bond donors (Lipinski definition) is 2. The molecule has 1 unspecified atom stereocenters. The molecule has 0 aliphatic carbocycles. The van der Waals surface area contributed by atoms with Crippen LogP contribution < -0.4 is 10.6 Å². The van der Waals surface area contributed by atoms with Gasteiger partial charge in [-0.25, -0.2) is 0 Å². The quantitative estimate of drug-likeness (QED) is 0.326. The molecule has 2 aliphatic heterocycles. The molecule has 2 aliphatic rings. The molecule has 2 rings (SSSR count). The fourth-order valence-electron chi connectivity index (χ4n) is 6.36. The normalized spacial score (nSPS) is 21.8. The van der Waals surface area contributed by atoms with Crippen LogP contribution >= 0.6 is 0 Å². The minimum atomic E-state index is -0.721. The Hall–Kier alpha value is -2.42. The lowest BCUT2D eigenvalue weighted by atomic mass is 9.84. The second-order valence-corrected chi connectivity index (χ2v) is 15.9. The molecule has 44 heavy (non-hydrogen) atoms. The van der Waals surface area contributed by atoms with Gasteiger partial charge in [0.1, 0.15) is 12.1 Å². The topological polar surface area (TPSA) is 102 Å². The predicted molar refractivity (Wildman–Crippen MR) is 178 cm³/mol. The Morgan fingerprint density at radius 1 is 0.886 bits per heavy atom. The van der Waals surface area contributed by atoms with Crippen LogP contribution in [0.5, 0.6) is 0 Å². The minimum Gasteiger partial charge on any atom is -0.354 e. The van der Waals surface area contributed by atoms with Crippen LogP contribution in [0.4, 0.5) is 0 Å². The van der Waals surface area contributed by atoms with Crippen molar-refractivity contribution in [3.05, 3.63) is 11.6 Å². The molecule has 4 amide bonds. The molecule has 0 aromatic heterocycles. The fourth-order valence-corrected chi connectivity index (χ4v) is 6.36. The highest BCUT2D eigenvalue weighted by Gasteiger charge is 2.40. The summed E-state index contributed by atoms with van der Waals surface area (Å²) in [5.74, 6) is -0.517. The summed E-state index contributed by atoms with van der Waals surface area (Å²) < 4.78 is 0. The van der Waals surface area contributed by atoms with Gasteiger partial charge >= 0.3 is 0 Å². The second kappa shape index (κ2) is 15.7. The average molecular weight is 618 g/mol. The fraction of sp³-hybridized carbons (Fsp3) is 0.829. The maximum absolute atomic E-state index is 14.1. The molecule has 9 nitrogen and oxygen atoms in total. The van der Waals surface area contributed by atoms with E-state index in [0.29, 0.717) is 25.1 Å². The van der Waals surface area contributed by atoms with Gasteiger partial charge in [0.05, 0.1) is 12.1 Å². The number of carbonyl (C=O) groups is 4. The number of rotatable bonds is 11. The Labute approximate surface area is 267 Å². The zero-order valence-corrected chi connectivity index (χ0v) is 29.9. The van der Waals surface area contributed by atoms with Crippen LogP contribution in [-0.4, -0.2) is 95.2 Å². The first-order chi connectivity index (χ1) is 20.3. The summed E-state index contributed by atoms with van der Waals surface area (Å²) in [6.07, 6.45) is 7.02. The third kappa shape index (κ3) is 10.3. The summed E-state index contributed by atoms with van der Waals surface area (Å²) in [5, 5.41) is 6.17. The highest BCUT2D eigenvalue weighted by Crippen LogP contribution is 2.27. The molecule has 4 atom stereocenters. The van der Waals surface area contributed by atoms with Crippen LogP contribution in [0.25, 0.3) is 0 Å². The molecule has 0 saturated carbocycles. The van der Waals surface area contributed by atoms with E-state index in [1.807, 2.05) is 40.7 Å². The summed E-state index contributed by atoms with van der Waals surface area (Å²) in [6, 6.07) is -1.56. The minimum absolute atomic E-state index is 0.0212. The number of hydrogen-bond acceptors (Lipinski definition) is 5. The van der Waals surface area contributed by atoms with Gasteiger partial charge in [0.15, 0.2) is 0 Å². The Morgan fingerprint density at radius 3 is 2.05 bits per heavy atom. The van der Waals surface area contributed by atoms with E-state index in [1.165, 1.54) is 0 Å². The lowest BCUT2D eigenvalue weighted by molar-refractivity contribution is -0.142. The van der Waals surface area contributed by atoms with Crippen molar-refractivity contribution in [2.24, 2.45) is 16.7 Å². The summed E-state index contributed by atoms with van der Waals surface area (Å²) in [4.78, 5) is 60.0. The Kier molecular flexibility index (Phi) is 13.5. The molecule has 2 N–H and O–H groups in total.